The Hall–Kier alpha value is -2.00. The number of carboxylic acid groups (broad SMARTS) is 4. The van der Waals surface area contributed by atoms with E-state index in [4.69, 9.17) is 20.4 Å². The van der Waals surface area contributed by atoms with Gasteiger partial charge in [0.25, 0.3) is 0 Å². The fraction of sp³-hybridized carbons (Fsp3) is 0.333. The SMILES string of the molecule is O=C(O)N(CCN(C(=O)O)C(=O)O)C(=O)O.[Cu]. The summed E-state index contributed by atoms with van der Waals surface area (Å²) in [6.07, 6.45) is -7.27. The van der Waals surface area contributed by atoms with E-state index in [1.807, 2.05) is 0 Å². The topological polar surface area (TPSA) is 156 Å². The molecule has 0 saturated carbocycles. The van der Waals surface area contributed by atoms with Crippen molar-refractivity contribution in [3.05, 3.63) is 0 Å². The fourth-order valence-electron chi connectivity index (χ4n) is 0.746. The first-order valence-corrected chi connectivity index (χ1v) is 3.74. The molecule has 0 heterocycles. The van der Waals surface area contributed by atoms with Gasteiger partial charge in [-0.3, -0.25) is 0 Å². The van der Waals surface area contributed by atoms with E-state index in [0.717, 1.165) is 0 Å². The minimum Gasteiger partial charge on any atom is -0.465 e. The number of imide groups is 2. The van der Waals surface area contributed by atoms with Crippen molar-refractivity contribution in [2.45, 2.75) is 0 Å². The molecule has 0 fully saturated rings. The summed E-state index contributed by atoms with van der Waals surface area (Å²) < 4.78 is 0. The molecule has 0 aliphatic rings. The van der Waals surface area contributed by atoms with Gasteiger partial charge in [0.05, 0.1) is 13.1 Å². The van der Waals surface area contributed by atoms with Crippen LogP contribution in [0.5, 0.6) is 0 Å². The number of amides is 4. The Morgan fingerprint density at radius 1 is 0.647 bits per heavy atom. The Labute approximate surface area is 105 Å². The first kappa shape index (κ1) is 17.4. The van der Waals surface area contributed by atoms with E-state index in [9.17, 15) is 19.2 Å². The van der Waals surface area contributed by atoms with Gasteiger partial charge in [0.15, 0.2) is 0 Å². The quantitative estimate of drug-likeness (QED) is 0.542. The molecule has 17 heavy (non-hydrogen) atoms. The summed E-state index contributed by atoms with van der Waals surface area (Å²) in [5.41, 5.74) is 0. The summed E-state index contributed by atoms with van der Waals surface area (Å²) in [5.74, 6) is 0. The summed E-state index contributed by atoms with van der Waals surface area (Å²) in [4.78, 5) is 41.0. The van der Waals surface area contributed by atoms with Crippen molar-refractivity contribution < 1.29 is 56.7 Å². The van der Waals surface area contributed by atoms with Crippen molar-refractivity contribution >= 4 is 24.4 Å². The average Bonchev–Trinajstić information content (AvgIpc) is 2.09. The first-order chi connectivity index (χ1) is 7.27. The van der Waals surface area contributed by atoms with Crippen LogP contribution in [0, 0.1) is 0 Å². The molecule has 1 radical (unpaired) electrons. The molecule has 11 heteroatoms. The Balaban J connectivity index is 0. The van der Waals surface area contributed by atoms with Crippen LogP contribution in [0.3, 0.4) is 0 Å². The monoisotopic (exact) mass is 299 g/mol. The van der Waals surface area contributed by atoms with E-state index in [1.54, 1.807) is 0 Å². The zero-order valence-electron chi connectivity index (χ0n) is 8.03. The van der Waals surface area contributed by atoms with Crippen molar-refractivity contribution in [1.82, 2.24) is 9.80 Å². The van der Waals surface area contributed by atoms with Gasteiger partial charge in [0.1, 0.15) is 0 Å². The van der Waals surface area contributed by atoms with Gasteiger partial charge < -0.3 is 20.4 Å². The van der Waals surface area contributed by atoms with Crippen LogP contribution in [0.1, 0.15) is 0 Å². The molecule has 10 nitrogen and oxygen atoms in total. The normalized spacial score (nSPS) is 8.71. The van der Waals surface area contributed by atoms with Gasteiger partial charge in [0.2, 0.25) is 0 Å². The average molecular weight is 300 g/mol. The molecule has 4 amide bonds. The summed E-state index contributed by atoms with van der Waals surface area (Å²) in [6, 6.07) is 0. The molecule has 0 spiro atoms. The minimum absolute atomic E-state index is 0. The number of hydrogen-bond donors (Lipinski definition) is 4. The third kappa shape index (κ3) is 5.58. The van der Waals surface area contributed by atoms with Crippen LogP contribution in [-0.4, -0.2) is 67.7 Å². The number of nitrogens with zero attached hydrogens (tertiary/aromatic N) is 2. The second-order valence-electron chi connectivity index (χ2n) is 2.43. The number of hydrogen-bond acceptors (Lipinski definition) is 4. The molecular weight excluding hydrogens is 292 g/mol. The molecule has 4 N–H and O–H groups in total. The fourth-order valence-corrected chi connectivity index (χ4v) is 0.746. The molecule has 0 saturated heterocycles. The third-order valence-corrected chi connectivity index (χ3v) is 1.47. The molecule has 101 valence electrons. The van der Waals surface area contributed by atoms with Crippen LogP contribution < -0.4 is 0 Å². The molecule has 0 aliphatic carbocycles. The summed E-state index contributed by atoms with van der Waals surface area (Å²) >= 11 is 0. The van der Waals surface area contributed by atoms with Crippen LogP contribution in [0.4, 0.5) is 19.2 Å². The van der Waals surface area contributed by atoms with Gasteiger partial charge in [0, 0.05) is 17.1 Å². The Morgan fingerprint density at radius 3 is 0.941 bits per heavy atom. The molecule has 0 rings (SSSR count). The van der Waals surface area contributed by atoms with Crippen LogP contribution in [0.2, 0.25) is 0 Å². The largest absolute Gasteiger partial charge is 0.465 e. The second-order valence-corrected chi connectivity index (χ2v) is 2.43. The molecule has 0 aromatic rings. The van der Waals surface area contributed by atoms with Crippen LogP contribution in [0.15, 0.2) is 0 Å². The maximum Gasteiger partial charge on any atom is 0.416 e. The molecule has 0 aliphatic heterocycles. The summed E-state index contributed by atoms with van der Waals surface area (Å²) in [5, 5.41) is 33.5. The molecular formula is C6H8CuN2O8. The maximum atomic E-state index is 10.3. The Morgan fingerprint density at radius 2 is 0.824 bits per heavy atom. The van der Waals surface area contributed by atoms with E-state index < -0.39 is 37.5 Å². The molecule has 0 unspecified atom stereocenters. The van der Waals surface area contributed by atoms with Crippen molar-refractivity contribution in [3.8, 4) is 0 Å². The summed E-state index contributed by atoms with van der Waals surface area (Å²) in [7, 11) is 0. The Kier molecular flexibility index (Phi) is 7.47. The zero-order chi connectivity index (χ0) is 12.9. The molecule has 0 aromatic heterocycles. The molecule has 0 aromatic carbocycles. The maximum absolute atomic E-state index is 10.3. The van der Waals surface area contributed by atoms with Crippen molar-refractivity contribution in [1.29, 1.82) is 0 Å². The third-order valence-electron chi connectivity index (χ3n) is 1.47. The van der Waals surface area contributed by atoms with Crippen molar-refractivity contribution in [2.75, 3.05) is 13.1 Å². The summed E-state index contributed by atoms with van der Waals surface area (Å²) in [6.45, 7) is -1.58. The number of carbonyl (C=O) groups is 4. The van der Waals surface area contributed by atoms with Crippen LogP contribution >= 0.6 is 0 Å². The van der Waals surface area contributed by atoms with E-state index in [-0.39, 0.29) is 26.9 Å². The first-order valence-electron chi connectivity index (χ1n) is 3.74. The van der Waals surface area contributed by atoms with Crippen molar-refractivity contribution in [2.24, 2.45) is 0 Å². The molecule has 0 bridgehead atoms. The predicted molar refractivity (Wildman–Crippen MR) is 45.5 cm³/mol. The minimum atomic E-state index is -1.82. The van der Waals surface area contributed by atoms with Gasteiger partial charge in [-0.15, -0.1) is 0 Å². The van der Waals surface area contributed by atoms with E-state index >= 15 is 0 Å². The second kappa shape index (κ2) is 7.30. The number of rotatable bonds is 3. The predicted octanol–water partition coefficient (Wildman–Crippen LogP) is 0.300. The van der Waals surface area contributed by atoms with Crippen molar-refractivity contribution in [3.63, 3.8) is 0 Å². The van der Waals surface area contributed by atoms with Gasteiger partial charge in [-0.25, -0.2) is 29.0 Å². The van der Waals surface area contributed by atoms with Crippen LogP contribution in [-0.2, 0) is 17.1 Å². The van der Waals surface area contributed by atoms with Gasteiger partial charge in [-0.2, -0.15) is 0 Å². The van der Waals surface area contributed by atoms with Gasteiger partial charge in [-0.05, 0) is 0 Å². The smallest absolute Gasteiger partial charge is 0.416 e. The van der Waals surface area contributed by atoms with Gasteiger partial charge in [-0.1, -0.05) is 0 Å². The van der Waals surface area contributed by atoms with E-state index in [2.05, 4.69) is 0 Å². The standard InChI is InChI=1S/C6H8N2O8.Cu/c9-3(10)7(4(11)12)1-2-8(5(13)14)6(15)16;/h1-2H2,(H,9,10)(H,11,12)(H,13,14)(H,15,16);. The van der Waals surface area contributed by atoms with E-state index in [1.165, 1.54) is 0 Å². The zero-order valence-corrected chi connectivity index (χ0v) is 8.97. The van der Waals surface area contributed by atoms with Crippen LogP contribution in [0.25, 0.3) is 0 Å². The van der Waals surface area contributed by atoms with Gasteiger partial charge >= 0.3 is 24.4 Å². The molecule has 0 atom stereocenters. The Bertz CT molecular complexity index is 272. The van der Waals surface area contributed by atoms with E-state index in [0.29, 0.717) is 0 Å².